The van der Waals surface area contributed by atoms with Crippen molar-refractivity contribution in [3.63, 3.8) is 0 Å². The van der Waals surface area contributed by atoms with Crippen LogP contribution < -0.4 is 5.32 Å². The van der Waals surface area contributed by atoms with E-state index in [1.807, 2.05) is 12.1 Å². The summed E-state index contributed by atoms with van der Waals surface area (Å²) in [4.78, 5) is 11.6. The molecule has 0 unspecified atom stereocenters. The Hall–Kier alpha value is -1.34. The number of halogens is 1. The van der Waals surface area contributed by atoms with Crippen molar-refractivity contribution in [1.82, 2.24) is 0 Å². The van der Waals surface area contributed by atoms with Gasteiger partial charge in [-0.15, -0.1) is 0 Å². The number of carbonyl (C=O) groups excluding carboxylic acids is 1. The smallest absolute Gasteiger partial charge is 0.151 e. The summed E-state index contributed by atoms with van der Waals surface area (Å²) >= 11 is 3.34. The molecule has 0 spiro atoms. The Morgan fingerprint density at radius 1 is 1.50 bits per heavy atom. The summed E-state index contributed by atoms with van der Waals surface area (Å²) in [5.41, 5.74) is 1.44. The first-order valence-electron chi connectivity index (χ1n) is 5.90. The highest BCUT2D eigenvalue weighted by molar-refractivity contribution is 9.10. The molecule has 0 radical (unpaired) electrons. The first-order chi connectivity index (χ1) is 8.43. The van der Waals surface area contributed by atoms with Gasteiger partial charge in [0.05, 0.1) is 11.6 Å². The second-order valence-corrected chi connectivity index (χ2v) is 5.60. The third kappa shape index (κ3) is 4.15. The molecule has 0 aromatic heterocycles. The zero-order valence-corrected chi connectivity index (χ0v) is 12.4. The summed E-state index contributed by atoms with van der Waals surface area (Å²) in [5, 5.41) is 12.1. The molecule has 4 heteroatoms. The van der Waals surface area contributed by atoms with E-state index in [2.05, 4.69) is 41.2 Å². The number of nitrogens with zero attached hydrogens (tertiary/aromatic N) is 1. The van der Waals surface area contributed by atoms with Crippen LogP contribution in [0, 0.1) is 17.2 Å². The molecule has 1 N–H and O–H groups in total. The van der Waals surface area contributed by atoms with E-state index in [4.69, 9.17) is 5.26 Å². The van der Waals surface area contributed by atoms with E-state index in [-0.39, 0.29) is 11.8 Å². The van der Waals surface area contributed by atoms with Crippen LogP contribution >= 0.6 is 15.9 Å². The molecular weight excluding hydrogens is 292 g/mol. The summed E-state index contributed by atoms with van der Waals surface area (Å²) in [6.07, 6.45) is 0.799. The van der Waals surface area contributed by atoms with Crippen LogP contribution in [-0.2, 0) is 4.79 Å². The van der Waals surface area contributed by atoms with Crippen molar-refractivity contribution >= 4 is 27.4 Å². The zero-order valence-electron chi connectivity index (χ0n) is 10.8. The van der Waals surface area contributed by atoms with E-state index in [1.54, 1.807) is 13.0 Å². The van der Waals surface area contributed by atoms with Gasteiger partial charge in [0, 0.05) is 10.2 Å². The minimum atomic E-state index is -0.176. The van der Waals surface area contributed by atoms with Gasteiger partial charge in [-0.3, -0.25) is 4.79 Å². The highest BCUT2D eigenvalue weighted by atomic mass is 79.9. The largest absolute Gasteiger partial charge is 0.375 e. The van der Waals surface area contributed by atoms with Gasteiger partial charge in [-0.25, -0.2) is 0 Å². The van der Waals surface area contributed by atoms with Gasteiger partial charge in [0.15, 0.2) is 5.78 Å². The number of ketones is 1. The standard InChI is InChI=1S/C14H17BrN2O/c1-9(2)6-14(10(3)18)17-12-5-4-11(8-16)13(15)7-12/h4-5,7,9,14,17H,6H2,1-3H3/t14-/m1/s1. The summed E-state index contributed by atoms with van der Waals surface area (Å²) < 4.78 is 0.738. The molecule has 3 nitrogen and oxygen atoms in total. The third-order valence-electron chi connectivity index (χ3n) is 2.63. The number of hydrogen-bond donors (Lipinski definition) is 1. The molecule has 0 fully saturated rings. The number of anilines is 1. The Morgan fingerprint density at radius 2 is 2.17 bits per heavy atom. The molecule has 0 heterocycles. The lowest BCUT2D eigenvalue weighted by molar-refractivity contribution is -0.118. The Kier molecular flexibility index (Phi) is 5.36. The Morgan fingerprint density at radius 3 is 2.61 bits per heavy atom. The maximum absolute atomic E-state index is 11.6. The Bertz CT molecular complexity index is 477. The van der Waals surface area contributed by atoms with Crippen molar-refractivity contribution in [3.05, 3.63) is 28.2 Å². The lowest BCUT2D eigenvalue weighted by Gasteiger charge is -2.19. The van der Waals surface area contributed by atoms with Crippen molar-refractivity contribution in [1.29, 1.82) is 5.26 Å². The van der Waals surface area contributed by atoms with Crippen LogP contribution in [0.3, 0.4) is 0 Å². The van der Waals surface area contributed by atoms with Crippen molar-refractivity contribution in [3.8, 4) is 6.07 Å². The second kappa shape index (κ2) is 6.55. The van der Waals surface area contributed by atoms with Crippen molar-refractivity contribution in [2.45, 2.75) is 33.2 Å². The molecule has 0 bridgehead atoms. The SMILES string of the molecule is CC(=O)[C@@H](CC(C)C)Nc1ccc(C#N)c(Br)c1. The molecule has 18 heavy (non-hydrogen) atoms. The number of nitrogens with one attached hydrogen (secondary N) is 1. The average molecular weight is 309 g/mol. The fraction of sp³-hybridized carbons (Fsp3) is 0.429. The van der Waals surface area contributed by atoms with E-state index >= 15 is 0 Å². The predicted octanol–water partition coefficient (Wildman–Crippen LogP) is 3.74. The molecule has 0 aliphatic carbocycles. The number of benzene rings is 1. The second-order valence-electron chi connectivity index (χ2n) is 4.74. The van der Waals surface area contributed by atoms with Gasteiger partial charge in [-0.1, -0.05) is 13.8 Å². The van der Waals surface area contributed by atoms with Crippen molar-refractivity contribution in [2.24, 2.45) is 5.92 Å². The summed E-state index contributed by atoms with van der Waals surface area (Å²) in [5.74, 6) is 0.581. The number of Topliss-reactive ketones (excluding diaryl/α,β-unsaturated/α-hetero) is 1. The van der Waals surface area contributed by atoms with Gasteiger partial charge in [-0.2, -0.15) is 5.26 Å². The van der Waals surface area contributed by atoms with Gasteiger partial charge in [0.1, 0.15) is 6.07 Å². The molecule has 1 aromatic carbocycles. The van der Waals surface area contributed by atoms with Crippen LogP contribution in [0.15, 0.2) is 22.7 Å². The van der Waals surface area contributed by atoms with Crippen LogP contribution in [-0.4, -0.2) is 11.8 Å². The van der Waals surface area contributed by atoms with E-state index < -0.39 is 0 Å². The average Bonchev–Trinajstić information content (AvgIpc) is 2.27. The van der Waals surface area contributed by atoms with Crippen LogP contribution in [0.25, 0.3) is 0 Å². The van der Waals surface area contributed by atoms with E-state index in [0.717, 1.165) is 16.6 Å². The zero-order chi connectivity index (χ0) is 13.7. The molecule has 1 aromatic rings. The van der Waals surface area contributed by atoms with Gasteiger partial charge in [0.2, 0.25) is 0 Å². The molecule has 0 aliphatic heterocycles. The first-order valence-corrected chi connectivity index (χ1v) is 6.70. The fourth-order valence-corrected chi connectivity index (χ4v) is 2.16. The Balaban J connectivity index is 2.85. The fourth-order valence-electron chi connectivity index (χ4n) is 1.69. The number of rotatable bonds is 5. The van der Waals surface area contributed by atoms with E-state index in [1.165, 1.54) is 0 Å². The lowest BCUT2D eigenvalue weighted by atomic mass is 10.0. The molecule has 0 saturated carbocycles. The normalized spacial score (nSPS) is 12.0. The minimum Gasteiger partial charge on any atom is -0.375 e. The summed E-state index contributed by atoms with van der Waals surface area (Å²) in [7, 11) is 0. The van der Waals surface area contributed by atoms with Crippen molar-refractivity contribution < 1.29 is 4.79 Å². The van der Waals surface area contributed by atoms with Crippen molar-refractivity contribution in [2.75, 3.05) is 5.32 Å². The molecular formula is C14H17BrN2O. The van der Waals surface area contributed by atoms with Crippen LogP contribution in [0.1, 0.15) is 32.8 Å². The summed E-state index contributed by atoms with van der Waals surface area (Å²) in [6, 6.07) is 7.30. The first kappa shape index (κ1) is 14.7. The maximum Gasteiger partial charge on any atom is 0.151 e. The molecule has 1 rings (SSSR count). The molecule has 0 amide bonds. The van der Waals surface area contributed by atoms with Gasteiger partial charge in [0.25, 0.3) is 0 Å². The third-order valence-corrected chi connectivity index (χ3v) is 3.28. The number of carbonyl (C=O) groups is 1. The molecule has 96 valence electrons. The maximum atomic E-state index is 11.6. The van der Waals surface area contributed by atoms with Gasteiger partial charge >= 0.3 is 0 Å². The van der Waals surface area contributed by atoms with E-state index in [0.29, 0.717) is 11.5 Å². The van der Waals surface area contributed by atoms with E-state index in [9.17, 15) is 4.79 Å². The quantitative estimate of drug-likeness (QED) is 0.901. The highest BCUT2D eigenvalue weighted by Gasteiger charge is 2.15. The minimum absolute atomic E-state index is 0.129. The molecule has 1 atom stereocenters. The monoisotopic (exact) mass is 308 g/mol. The topological polar surface area (TPSA) is 52.9 Å². The number of nitriles is 1. The highest BCUT2D eigenvalue weighted by Crippen LogP contribution is 2.22. The van der Waals surface area contributed by atoms with Crippen LogP contribution in [0.2, 0.25) is 0 Å². The van der Waals surface area contributed by atoms with Crippen LogP contribution in [0.5, 0.6) is 0 Å². The van der Waals surface area contributed by atoms with Gasteiger partial charge < -0.3 is 5.32 Å². The van der Waals surface area contributed by atoms with Crippen LogP contribution in [0.4, 0.5) is 5.69 Å². The van der Waals surface area contributed by atoms with Gasteiger partial charge in [-0.05, 0) is 53.4 Å². The number of hydrogen-bond acceptors (Lipinski definition) is 3. The lowest BCUT2D eigenvalue weighted by Crippen LogP contribution is -2.29. The molecule has 0 aliphatic rings. The Labute approximate surface area is 116 Å². The molecule has 0 saturated heterocycles. The predicted molar refractivity (Wildman–Crippen MR) is 76.4 cm³/mol. The summed E-state index contributed by atoms with van der Waals surface area (Å²) in [6.45, 7) is 5.78.